The molecule has 0 aliphatic carbocycles. The molecule has 0 atom stereocenters. The number of anilines is 1. The number of ether oxygens (including phenoxy) is 1. The number of nitrogens with one attached hydrogen (secondary N) is 1. The zero-order valence-electron chi connectivity index (χ0n) is 16.5. The summed E-state index contributed by atoms with van der Waals surface area (Å²) in [4.78, 5) is 28.3. The lowest BCUT2D eigenvalue weighted by molar-refractivity contribution is 0.0464. The molecule has 1 N–H and O–H groups in total. The Bertz CT molecular complexity index is 614. The number of benzene rings is 1. The summed E-state index contributed by atoms with van der Waals surface area (Å²) in [6, 6.07) is 7.09. The van der Waals surface area contributed by atoms with Gasteiger partial charge in [0.1, 0.15) is 0 Å². The van der Waals surface area contributed by atoms with E-state index in [4.69, 9.17) is 4.74 Å². The minimum absolute atomic E-state index is 0.127. The third-order valence-electron chi connectivity index (χ3n) is 4.40. The predicted octanol–water partition coefficient (Wildman–Crippen LogP) is 3.30. The summed E-state index contributed by atoms with van der Waals surface area (Å²) in [5.41, 5.74) is 1.02. The fourth-order valence-electron chi connectivity index (χ4n) is 3.21. The molecule has 2 rings (SSSR count). The molecule has 6 nitrogen and oxygen atoms in total. The highest BCUT2D eigenvalue weighted by molar-refractivity contribution is 5.94. The van der Waals surface area contributed by atoms with E-state index in [0.717, 1.165) is 26.2 Å². The highest BCUT2D eigenvalue weighted by atomic mass is 16.5. The molecule has 0 saturated carbocycles. The first kappa shape index (κ1) is 20.2. The third kappa shape index (κ3) is 5.46. The van der Waals surface area contributed by atoms with Crippen molar-refractivity contribution in [3.63, 3.8) is 0 Å². The van der Waals surface area contributed by atoms with Gasteiger partial charge < -0.3 is 15.0 Å². The van der Waals surface area contributed by atoms with Gasteiger partial charge in [0.25, 0.3) is 0 Å². The Balaban J connectivity index is 1.90. The average molecular weight is 361 g/mol. The minimum Gasteiger partial charge on any atom is -0.465 e. The van der Waals surface area contributed by atoms with Crippen LogP contribution >= 0.6 is 0 Å². The summed E-state index contributed by atoms with van der Waals surface area (Å²) in [5, 5.41) is 2.86. The van der Waals surface area contributed by atoms with Gasteiger partial charge in [0, 0.05) is 37.9 Å². The lowest BCUT2D eigenvalue weighted by atomic mass is 10.0. The highest BCUT2D eigenvalue weighted by Gasteiger charge is 2.35. The molecule has 1 aliphatic heterocycles. The maximum Gasteiger partial charge on any atom is 0.337 e. The van der Waals surface area contributed by atoms with E-state index in [0.29, 0.717) is 29.1 Å². The van der Waals surface area contributed by atoms with Crippen molar-refractivity contribution in [2.45, 2.75) is 33.7 Å². The Morgan fingerprint density at radius 3 is 2.35 bits per heavy atom. The third-order valence-corrected chi connectivity index (χ3v) is 4.40. The fourth-order valence-corrected chi connectivity index (χ4v) is 3.21. The molecule has 0 aromatic heterocycles. The molecule has 1 saturated heterocycles. The lowest BCUT2D eigenvalue weighted by Crippen LogP contribution is -2.62. The van der Waals surface area contributed by atoms with Gasteiger partial charge in [-0.3, -0.25) is 4.90 Å². The quantitative estimate of drug-likeness (QED) is 0.757. The molecule has 0 unspecified atom stereocenters. The fraction of sp³-hybridized carbons (Fsp3) is 0.600. The summed E-state index contributed by atoms with van der Waals surface area (Å²) in [5.74, 6) is 0.804. The number of hydrogen-bond acceptors (Lipinski definition) is 4. The first-order valence-electron chi connectivity index (χ1n) is 9.28. The standard InChI is InChI=1S/C20H31N3O3/c1-14(2)10-22(11-15(3)4)18-12-23(13-18)20(25)21-17-8-6-7-16(9-17)19(24)26-5/h6-9,14-15,18H,10-13H2,1-5H3,(H,21,25). The van der Waals surface area contributed by atoms with Gasteiger partial charge in [-0.25, -0.2) is 9.59 Å². The van der Waals surface area contributed by atoms with Gasteiger partial charge in [-0.1, -0.05) is 33.8 Å². The van der Waals surface area contributed by atoms with Gasteiger partial charge in [-0.15, -0.1) is 0 Å². The van der Waals surface area contributed by atoms with E-state index < -0.39 is 5.97 Å². The van der Waals surface area contributed by atoms with Gasteiger partial charge in [0.05, 0.1) is 12.7 Å². The maximum atomic E-state index is 12.4. The van der Waals surface area contributed by atoms with Crippen molar-refractivity contribution in [3.8, 4) is 0 Å². The number of carbonyl (C=O) groups excluding carboxylic acids is 2. The minimum atomic E-state index is -0.414. The second-order valence-corrected chi connectivity index (χ2v) is 7.80. The summed E-state index contributed by atoms with van der Waals surface area (Å²) in [6.07, 6.45) is 0. The Hall–Kier alpha value is -2.08. The van der Waals surface area contributed by atoms with E-state index in [2.05, 4.69) is 37.9 Å². The molecule has 0 radical (unpaired) electrons. The van der Waals surface area contributed by atoms with Crippen molar-refractivity contribution in [1.82, 2.24) is 9.80 Å². The van der Waals surface area contributed by atoms with E-state index in [9.17, 15) is 9.59 Å². The van der Waals surface area contributed by atoms with Crippen LogP contribution in [0.4, 0.5) is 10.5 Å². The van der Waals surface area contributed by atoms with Gasteiger partial charge in [0.2, 0.25) is 0 Å². The molecule has 1 aromatic rings. The predicted molar refractivity (Wildman–Crippen MR) is 103 cm³/mol. The lowest BCUT2D eigenvalue weighted by Gasteiger charge is -2.46. The van der Waals surface area contributed by atoms with Crippen LogP contribution in [-0.2, 0) is 4.74 Å². The molecule has 26 heavy (non-hydrogen) atoms. The number of amides is 2. The van der Waals surface area contributed by atoms with Gasteiger partial charge >= 0.3 is 12.0 Å². The molecular formula is C20H31N3O3. The molecule has 0 spiro atoms. The zero-order valence-corrected chi connectivity index (χ0v) is 16.5. The van der Waals surface area contributed by atoms with Crippen molar-refractivity contribution < 1.29 is 14.3 Å². The van der Waals surface area contributed by atoms with Crippen molar-refractivity contribution in [2.24, 2.45) is 11.8 Å². The van der Waals surface area contributed by atoms with E-state index in [1.165, 1.54) is 7.11 Å². The van der Waals surface area contributed by atoms with E-state index in [-0.39, 0.29) is 6.03 Å². The maximum absolute atomic E-state index is 12.4. The first-order valence-corrected chi connectivity index (χ1v) is 9.28. The molecule has 1 aromatic carbocycles. The van der Waals surface area contributed by atoms with Gasteiger partial charge in [-0.05, 0) is 30.0 Å². The van der Waals surface area contributed by atoms with Crippen LogP contribution in [0.5, 0.6) is 0 Å². The van der Waals surface area contributed by atoms with Gasteiger partial charge in [0.15, 0.2) is 0 Å². The van der Waals surface area contributed by atoms with Crippen molar-refractivity contribution in [3.05, 3.63) is 29.8 Å². The number of urea groups is 1. The number of hydrogen-bond donors (Lipinski definition) is 1. The second-order valence-electron chi connectivity index (χ2n) is 7.80. The number of nitrogens with zero attached hydrogens (tertiary/aromatic N) is 2. The molecule has 144 valence electrons. The molecule has 1 fully saturated rings. The van der Waals surface area contributed by atoms with Gasteiger partial charge in [-0.2, -0.15) is 0 Å². The van der Waals surface area contributed by atoms with Crippen LogP contribution in [-0.4, -0.2) is 61.1 Å². The van der Waals surface area contributed by atoms with Crippen LogP contribution in [0.2, 0.25) is 0 Å². The molecule has 6 heteroatoms. The number of esters is 1. The summed E-state index contributed by atoms with van der Waals surface area (Å²) >= 11 is 0. The van der Waals surface area contributed by atoms with Crippen LogP contribution in [0.25, 0.3) is 0 Å². The highest BCUT2D eigenvalue weighted by Crippen LogP contribution is 2.20. The number of methoxy groups -OCH3 is 1. The second kappa shape index (κ2) is 9.03. The van der Waals surface area contributed by atoms with Crippen molar-refractivity contribution >= 4 is 17.7 Å². The van der Waals surface area contributed by atoms with E-state index >= 15 is 0 Å². The van der Waals surface area contributed by atoms with Crippen LogP contribution in [0.1, 0.15) is 38.1 Å². The Morgan fingerprint density at radius 2 is 1.81 bits per heavy atom. The zero-order chi connectivity index (χ0) is 19.3. The Kier molecular flexibility index (Phi) is 7.03. The molecular weight excluding hydrogens is 330 g/mol. The smallest absolute Gasteiger partial charge is 0.337 e. The van der Waals surface area contributed by atoms with E-state index in [1.54, 1.807) is 24.3 Å². The largest absolute Gasteiger partial charge is 0.465 e. The number of carbonyl (C=O) groups is 2. The summed E-state index contributed by atoms with van der Waals surface area (Å²) in [7, 11) is 1.34. The van der Waals surface area contributed by atoms with Crippen LogP contribution in [0.15, 0.2) is 24.3 Å². The van der Waals surface area contributed by atoms with Crippen molar-refractivity contribution in [1.29, 1.82) is 0 Å². The number of likely N-dealkylation sites (tertiary alicyclic amines) is 1. The van der Waals surface area contributed by atoms with E-state index in [1.807, 2.05) is 4.90 Å². The van der Waals surface area contributed by atoms with Crippen LogP contribution in [0.3, 0.4) is 0 Å². The number of rotatable bonds is 7. The molecule has 1 heterocycles. The molecule has 0 bridgehead atoms. The molecule has 1 aliphatic rings. The topological polar surface area (TPSA) is 61.9 Å². The Labute approximate surface area is 156 Å². The SMILES string of the molecule is COC(=O)c1cccc(NC(=O)N2CC(N(CC(C)C)CC(C)C)C2)c1. The summed E-state index contributed by atoms with van der Waals surface area (Å²) in [6.45, 7) is 12.5. The molecule has 2 amide bonds. The van der Waals surface area contributed by atoms with Crippen LogP contribution in [0, 0.1) is 11.8 Å². The summed E-state index contributed by atoms with van der Waals surface area (Å²) < 4.78 is 4.71. The Morgan fingerprint density at radius 1 is 1.19 bits per heavy atom. The first-order chi connectivity index (χ1) is 12.3. The normalized spacial score (nSPS) is 14.7. The monoisotopic (exact) mass is 361 g/mol. The van der Waals surface area contributed by atoms with Crippen molar-refractivity contribution in [2.75, 3.05) is 38.6 Å². The average Bonchev–Trinajstić information content (AvgIpc) is 2.51. The van der Waals surface area contributed by atoms with Crippen LogP contribution < -0.4 is 5.32 Å².